The predicted octanol–water partition coefficient (Wildman–Crippen LogP) is 2.82. The number of nitrogens with zero attached hydrogens (tertiary/aromatic N) is 2. The van der Waals surface area contributed by atoms with E-state index >= 15 is 0 Å². The number of aromatic nitrogens is 1. The molecule has 0 saturated carbocycles. The summed E-state index contributed by atoms with van der Waals surface area (Å²) in [6, 6.07) is 1.94. The van der Waals surface area contributed by atoms with Crippen molar-refractivity contribution in [3.63, 3.8) is 0 Å². The van der Waals surface area contributed by atoms with Crippen LogP contribution in [-0.4, -0.2) is 41.5 Å². The molecule has 1 aliphatic rings. The zero-order valence-electron chi connectivity index (χ0n) is 13.5. The highest BCUT2D eigenvalue weighted by atomic mass is 19.4. The van der Waals surface area contributed by atoms with Crippen LogP contribution in [0.1, 0.15) is 41.5 Å². The van der Waals surface area contributed by atoms with E-state index in [4.69, 9.17) is 4.74 Å². The number of hydrogen-bond acceptors (Lipinski definition) is 4. The molecular weight excluding hydrogens is 325 g/mol. The first-order chi connectivity index (χ1) is 11.2. The lowest BCUT2D eigenvalue weighted by Gasteiger charge is -2.31. The molecule has 0 radical (unpaired) electrons. The van der Waals surface area contributed by atoms with Gasteiger partial charge in [-0.15, -0.1) is 0 Å². The van der Waals surface area contributed by atoms with Crippen molar-refractivity contribution >= 4 is 11.9 Å². The molecule has 0 aromatic carbocycles. The third kappa shape index (κ3) is 4.04. The number of amides is 1. The summed E-state index contributed by atoms with van der Waals surface area (Å²) in [4.78, 5) is 29.3. The Morgan fingerprint density at radius 2 is 2.08 bits per heavy atom. The van der Waals surface area contributed by atoms with E-state index < -0.39 is 23.7 Å². The van der Waals surface area contributed by atoms with Crippen LogP contribution in [-0.2, 0) is 15.7 Å². The largest absolute Gasteiger partial charge is 0.466 e. The van der Waals surface area contributed by atoms with Crippen LogP contribution in [0.2, 0.25) is 0 Å². The Morgan fingerprint density at radius 3 is 2.67 bits per heavy atom. The van der Waals surface area contributed by atoms with E-state index in [1.165, 1.54) is 11.8 Å². The van der Waals surface area contributed by atoms with Gasteiger partial charge in [-0.25, -0.2) is 4.98 Å². The highest BCUT2D eigenvalue weighted by Gasteiger charge is 2.34. The molecule has 1 atom stereocenters. The lowest BCUT2D eigenvalue weighted by molar-refractivity contribution is -0.149. The van der Waals surface area contributed by atoms with Gasteiger partial charge >= 0.3 is 12.1 Å². The summed E-state index contributed by atoms with van der Waals surface area (Å²) in [5.41, 5.74) is -0.889. The van der Waals surface area contributed by atoms with Crippen molar-refractivity contribution in [2.24, 2.45) is 5.92 Å². The topological polar surface area (TPSA) is 59.5 Å². The molecule has 1 aromatic heterocycles. The summed E-state index contributed by atoms with van der Waals surface area (Å²) in [6.07, 6.45) is -3.28. The Bertz CT molecular complexity index is 631. The Kier molecular flexibility index (Phi) is 5.46. The number of carbonyl (C=O) groups excluding carboxylic acids is 2. The summed E-state index contributed by atoms with van der Waals surface area (Å²) < 4.78 is 43.0. The zero-order chi connectivity index (χ0) is 17.9. The third-order valence-electron chi connectivity index (χ3n) is 3.94. The van der Waals surface area contributed by atoms with Crippen molar-refractivity contribution in [2.75, 3.05) is 19.7 Å². The SMILES string of the molecule is CCOC(=O)C1CCCN(C(=O)c2ccc(C(F)(F)F)nc2C)C1. The molecule has 1 amide bonds. The molecular formula is C16H19F3N2O3. The smallest absolute Gasteiger partial charge is 0.433 e. The maximum Gasteiger partial charge on any atom is 0.433 e. The van der Waals surface area contributed by atoms with E-state index in [2.05, 4.69) is 4.98 Å². The van der Waals surface area contributed by atoms with Crippen molar-refractivity contribution in [3.05, 3.63) is 29.1 Å². The van der Waals surface area contributed by atoms with Crippen LogP contribution in [0.5, 0.6) is 0 Å². The number of hydrogen-bond donors (Lipinski definition) is 0. The van der Waals surface area contributed by atoms with Crippen molar-refractivity contribution in [2.45, 2.75) is 32.9 Å². The maximum atomic E-state index is 12.7. The molecule has 2 rings (SSSR count). The minimum Gasteiger partial charge on any atom is -0.466 e. The number of rotatable bonds is 3. The number of esters is 1. The highest BCUT2D eigenvalue weighted by Crippen LogP contribution is 2.28. The normalized spacial score (nSPS) is 18.4. The number of halogens is 3. The number of ether oxygens (including phenoxy) is 1. The van der Waals surface area contributed by atoms with Gasteiger partial charge in [-0.1, -0.05) is 0 Å². The molecule has 0 spiro atoms. The predicted molar refractivity (Wildman–Crippen MR) is 79.2 cm³/mol. The number of pyridine rings is 1. The number of aryl methyl sites for hydroxylation is 1. The molecule has 132 valence electrons. The Hall–Kier alpha value is -2.12. The molecule has 1 aliphatic heterocycles. The van der Waals surface area contributed by atoms with Crippen LogP contribution in [0.25, 0.3) is 0 Å². The summed E-state index contributed by atoms with van der Waals surface area (Å²) in [6.45, 7) is 4.01. The fraction of sp³-hybridized carbons (Fsp3) is 0.562. The van der Waals surface area contributed by atoms with Gasteiger partial charge in [0.05, 0.1) is 23.8 Å². The van der Waals surface area contributed by atoms with E-state index in [0.717, 1.165) is 12.1 Å². The zero-order valence-corrected chi connectivity index (χ0v) is 13.5. The van der Waals surface area contributed by atoms with Gasteiger partial charge in [0.2, 0.25) is 0 Å². The van der Waals surface area contributed by atoms with E-state index in [0.29, 0.717) is 19.4 Å². The summed E-state index contributed by atoms with van der Waals surface area (Å²) >= 11 is 0. The molecule has 1 saturated heterocycles. The molecule has 5 nitrogen and oxygen atoms in total. The van der Waals surface area contributed by atoms with Crippen molar-refractivity contribution < 1.29 is 27.5 Å². The molecule has 2 heterocycles. The number of piperidine rings is 1. The van der Waals surface area contributed by atoms with Crippen molar-refractivity contribution in [3.8, 4) is 0 Å². The minimum atomic E-state index is -4.55. The lowest BCUT2D eigenvalue weighted by Crippen LogP contribution is -2.43. The van der Waals surface area contributed by atoms with Crippen LogP contribution in [0, 0.1) is 12.8 Å². The second-order valence-corrected chi connectivity index (χ2v) is 5.67. The average Bonchev–Trinajstić information content (AvgIpc) is 2.53. The van der Waals surface area contributed by atoms with Gasteiger partial charge < -0.3 is 9.64 Å². The van der Waals surface area contributed by atoms with Gasteiger partial charge in [0, 0.05) is 13.1 Å². The summed E-state index contributed by atoms with van der Waals surface area (Å²) in [5.74, 6) is -1.16. The molecule has 0 bridgehead atoms. The van der Waals surface area contributed by atoms with Crippen LogP contribution < -0.4 is 0 Å². The maximum absolute atomic E-state index is 12.7. The van der Waals surface area contributed by atoms with Gasteiger partial charge in [0.1, 0.15) is 5.69 Å². The first kappa shape index (κ1) is 18.2. The van der Waals surface area contributed by atoms with Crippen LogP contribution in [0.15, 0.2) is 12.1 Å². The quantitative estimate of drug-likeness (QED) is 0.791. The first-order valence-corrected chi connectivity index (χ1v) is 7.74. The van der Waals surface area contributed by atoms with Crippen LogP contribution in [0.4, 0.5) is 13.2 Å². The van der Waals surface area contributed by atoms with Crippen LogP contribution >= 0.6 is 0 Å². The summed E-state index contributed by atoms with van der Waals surface area (Å²) in [7, 11) is 0. The number of alkyl halides is 3. The number of carbonyl (C=O) groups is 2. The molecule has 24 heavy (non-hydrogen) atoms. The van der Waals surface area contributed by atoms with E-state index in [9.17, 15) is 22.8 Å². The lowest BCUT2D eigenvalue weighted by atomic mass is 9.97. The third-order valence-corrected chi connectivity index (χ3v) is 3.94. The minimum absolute atomic E-state index is 0.0214. The van der Waals surface area contributed by atoms with E-state index in [-0.39, 0.29) is 30.4 Å². The highest BCUT2D eigenvalue weighted by molar-refractivity contribution is 5.95. The van der Waals surface area contributed by atoms with Crippen molar-refractivity contribution in [1.29, 1.82) is 0 Å². The first-order valence-electron chi connectivity index (χ1n) is 7.74. The Labute approximate surface area is 137 Å². The monoisotopic (exact) mass is 344 g/mol. The Morgan fingerprint density at radius 1 is 1.38 bits per heavy atom. The molecule has 1 fully saturated rings. The average molecular weight is 344 g/mol. The van der Waals surface area contributed by atoms with Gasteiger partial charge in [-0.05, 0) is 38.8 Å². The molecule has 1 unspecified atom stereocenters. The summed E-state index contributed by atoms with van der Waals surface area (Å²) in [5, 5.41) is 0. The molecule has 1 aromatic rings. The molecule has 8 heteroatoms. The van der Waals surface area contributed by atoms with Gasteiger partial charge in [0.15, 0.2) is 0 Å². The fourth-order valence-electron chi connectivity index (χ4n) is 2.73. The Balaban J connectivity index is 2.15. The van der Waals surface area contributed by atoms with E-state index in [1.807, 2.05) is 0 Å². The number of likely N-dealkylation sites (tertiary alicyclic amines) is 1. The van der Waals surface area contributed by atoms with Gasteiger partial charge in [-0.2, -0.15) is 13.2 Å². The fourth-order valence-corrected chi connectivity index (χ4v) is 2.73. The molecule has 0 aliphatic carbocycles. The van der Waals surface area contributed by atoms with E-state index in [1.54, 1.807) is 6.92 Å². The van der Waals surface area contributed by atoms with Gasteiger partial charge in [-0.3, -0.25) is 9.59 Å². The second kappa shape index (κ2) is 7.19. The van der Waals surface area contributed by atoms with Gasteiger partial charge in [0.25, 0.3) is 5.91 Å². The second-order valence-electron chi connectivity index (χ2n) is 5.67. The van der Waals surface area contributed by atoms with Crippen LogP contribution in [0.3, 0.4) is 0 Å². The van der Waals surface area contributed by atoms with Crippen molar-refractivity contribution in [1.82, 2.24) is 9.88 Å². The molecule has 0 N–H and O–H groups in total. The standard InChI is InChI=1S/C16H19F3N2O3/c1-3-24-15(23)11-5-4-8-21(9-11)14(22)12-6-7-13(16(17,18)19)20-10(12)2/h6-7,11H,3-5,8-9H2,1-2H3.